The van der Waals surface area contributed by atoms with Crippen LogP contribution in [0.4, 0.5) is 14.5 Å². The second-order valence-corrected chi connectivity index (χ2v) is 5.34. The van der Waals surface area contributed by atoms with Gasteiger partial charge in [0.05, 0.1) is 13.1 Å². The number of likely N-dealkylation sites (N-methyl/N-ethyl adjacent to an activating group) is 2. The third-order valence-corrected chi connectivity index (χ3v) is 3.00. The number of fused-ring (bicyclic) bond motifs is 1. The molecule has 0 aromatic heterocycles. The second kappa shape index (κ2) is 6.37. The van der Waals surface area contributed by atoms with Gasteiger partial charge in [-0.1, -0.05) is 0 Å². The number of benzene rings is 1. The van der Waals surface area contributed by atoms with Crippen molar-refractivity contribution >= 4 is 17.5 Å². The molecule has 9 heteroatoms. The molecule has 1 aromatic rings. The SMILES string of the molecule is CN(CC(=O)Nc1ccc2c(c1)OC(F)(F)O2)CC(=O)N(C)C. The highest BCUT2D eigenvalue weighted by Crippen LogP contribution is 2.42. The Kier molecular flexibility index (Phi) is 4.69. The van der Waals surface area contributed by atoms with Gasteiger partial charge in [-0.25, -0.2) is 0 Å². The Morgan fingerprint density at radius 1 is 1.13 bits per heavy atom. The van der Waals surface area contributed by atoms with Crippen molar-refractivity contribution in [1.82, 2.24) is 9.80 Å². The van der Waals surface area contributed by atoms with Crippen molar-refractivity contribution in [3.63, 3.8) is 0 Å². The van der Waals surface area contributed by atoms with Crippen LogP contribution in [0.1, 0.15) is 0 Å². The van der Waals surface area contributed by atoms with Crippen molar-refractivity contribution in [3.05, 3.63) is 18.2 Å². The van der Waals surface area contributed by atoms with E-state index in [4.69, 9.17) is 0 Å². The number of anilines is 1. The van der Waals surface area contributed by atoms with E-state index in [-0.39, 0.29) is 36.4 Å². The minimum absolute atomic E-state index is 0.0236. The topological polar surface area (TPSA) is 71.1 Å². The number of nitrogens with one attached hydrogen (secondary N) is 1. The first-order chi connectivity index (χ1) is 10.7. The molecule has 7 nitrogen and oxygen atoms in total. The number of rotatable bonds is 5. The molecule has 0 fully saturated rings. The van der Waals surface area contributed by atoms with Crippen LogP contribution in [-0.4, -0.2) is 62.1 Å². The van der Waals surface area contributed by atoms with Gasteiger partial charge in [-0.15, -0.1) is 8.78 Å². The number of carbonyl (C=O) groups excluding carboxylic acids is 2. The Labute approximate surface area is 131 Å². The molecule has 1 aliphatic heterocycles. The van der Waals surface area contributed by atoms with Gasteiger partial charge in [-0.05, 0) is 19.2 Å². The van der Waals surface area contributed by atoms with E-state index in [1.165, 1.54) is 23.1 Å². The molecule has 0 unspecified atom stereocenters. The molecule has 1 aliphatic rings. The molecule has 2 amide bonds. The summed E-state index contributed by atoms with van der Waals surface area (Å²) in [6.45, 7) is 0.0674. The molecular weight excluding hydrogens is 312 g/mol. The van der Waals surface area contributed by atoms with E-state index in [2.05, 4.69) is 14.8 Å². The molecule has 1 N–H and O–H groups in total. The quantitative estimate of drug-likeness (QED) is 0.871. The minimum atomic E-state index is -3.70. The van der Waals surface area contributed by atoms with Gasteiger partial charge in [-0.2, -0.15) is 0 Å². The summed E-state index contributed by atoms with van der Waals surface area (Å²) in [5, 5.41) is 2.55. The van der Waals surface area contributed by atoms with Crippen LogP contribution in [0.5, 0.6) is 11.5 Å². The molecular formula is C14H17F2N3O4. The van der Waals surface area contributed by atoms with Gasteiger partial charge in [0, 0.05) is 25.8 Å². The molecule has 126 valence electrons. The summed E-state index contributed by atoms with van der Waals surface area (Å²) in [5.41, 5.74) is 0.294. The Hall–Kier alpha value is -2.42. The minimum Gasteiger partial charge on any atom is -0.395 e. The third-order valence-electron chi connectivity index (χ3n) is 3.00. The number of amides is 2. The van der Waals surface area contributed by atoms with Gasteiger partial charge >= 0.3 is 6.29 Å². The fourth-order valence-electron chi connectivity index (χ4n) is 1.90. The zero-order valence-corrected chi connectivity index (χ0v) is 12.9. The molecule has 0 bridgehead atoms. The highest BCUT2D eigenvalue weighted by molar-refractivity contribution is 5.93. The molecule has 2 rings (SSSR count). The van der Waals surface area contributed by atoms with Gasteiger partial charge in [0.1, 0.15) is 0 Å². The van der Waals surface area contributed by atoms with E-state index in [0.29, 0.717) is 5.69 Å². The molecule has 0 saturated heterocycles. The highest BCUT2D eigenvalue weighted by atomic mass is 19.3. The predicted molar refractivity (Wildman–Crippen MR) is 77.5 cm³/mol. The average Bonchev–Trinajstić information content (AvgIpc) is 2.71. The van der Waals surface area contributed by atoms with Crippen LogP contribution in [0.2, 0.25) is 0 Å². The number of hydrogen-bond acceptors (Lipinski definition) is 5. The van der Waals surface area contributed by atoms with Crippen molar-refractivity contribution in [3.8, 4) is 11.5 Å². The maximum Gasteiger partial charge on any atom is 0.586 e. The summed E-state index contributed by atoms with van der Waals surface area (Å²) in [6.07, 6.45) is -3.70. The maximum absolute atomic E-state index is 12.9. The first kappa shape index (κ1) is 16.9. The van der Waals surface area contributed by atoms with E-state index < -0.39 is 6.29 Å². The molecule has 1 heterocycles. The third kappa shape index (κ3) is 4.52. The highest BCUT2D eigenvalue weighted by Gasteiger charge is 2.43. The van der Waals surface area contributed by atoms with Crippen molar-refractivity contribution in [1.29, 1.82) is 0 Å². The number of ether oxygens (including phenoxy) is 2. The molecule has 0 saturated carbocycles. The summed E-state index contributed by atoms with van der Waals surface area (Å²) in [6, 6.07) is 3.96. The Bertz CT molecular complexity index is 622. The summed E-state index contributed by atoms with van der Waals surface area (Å²) in [5.74, 6) is -0.763. The Morgan fingerprint density at radius 3 is 2.43 bits per heavy atom. The summed E-state index contributed by atoms with van der Waals surface area (Å²) < 4.78 is 34.4. The van der Waals surface area contributed by atoms with E-state index in [0.717, 1.165) is 0 Å². The van der Waals surface area contributed by atoms with Crippen LogP contribution in [0.15, 0.2) is 18.2 Å². The lowest BCUT2D eigenvalue weighted by Gasteiger charge is -2.18. The number of halogens is 2. The van der Waals surface area contributed by atoms with Crippen LogP contribution in [0, 0.1) is 0 Å². The molecule has 1 aromatic carbocycles. The van der Waals surface area contributed by atoms with Crippen LogP contribution in [-0.2, 0) is 9.59 Å². The zero-order valence-electron chi connectivity index (χ0n) is 12.9. The van der Waals surface area contributed by atoms with Crippen LogP contribution < -0.4 is 14.8 Å². The van der Waals surface area contributed by atoms with Crippen LogP contribution in [0.25, 0.3) is 0 Å². The molecule has 0 spiro atoms. The van der Waals surface area contributed by atoms with E-state index in [1.54, 1.807) is 26.0 Å². The summed E-state index contributed by atoms with van der Waals surface area (Å²) in [4.78, 5) is 26.4. The standard InChI is InChI=1S/C14H17F2N3O4/c1-18(2)13(21)8-19(3)7-12(20)17-9-4-5-10-11(6-9)23-14(15,16)22-10/h4-6H,7-8H2,1-3H3,(H,17,20). The van der Waals surface area contributed by atoms with Crippen molar-refractivity contribution < 1.29 is 27.8 Å². The molecule has 0 radical (unpaired) electrons. The molecule has 0 atom stereocenters. The number of nitrogens with zero attached hydrogens (tertiary/aromatic N) is 2. The molecule has 0 aliphatic carbocycles. The van der Waals surface area contributed by atoms with Crippen molar-refractivity contribution in [2.24, 2.45) is 0 Å². The predicted octanol–water partition coefficient (Wildman–Crippen LogP) is 0.967. The van der Waals surface area contributed by atoms with E-state index >= 15 is 0 Å². The lowest BCUT2D eigenvalue weighted by molar-refractivity contribution is -0.286. The van der Waals surface area contributed by atoms with Crippen LogP contribution >= 0.6 is 0 Å². The maximum atomic E-state index is 12.9. The Balaban J connectivity index is 1.90. The average molecular weight is 329 g/mol. The van der Waals surface area contributed by atoms with Gasteiger partial charge in [0.2, 0.25) is 11.8 Å². The largest absolute Gasteiger partial charge is 0.586 e. The first-order valence-electron chi connectivity index (χ1n) is 6.75. The first-order valence-corrected chi connectivity index (χ1v) is 6.75. The lowest BCUT2D eigenvalue weighted by atomic mass is 10.2. The normalized spacial score (nSPS) is 14.7. The summed E-state index contributed by atoms with van der Waals surface area (Å²) >= 11 is 0. The zero-order chi connectivity index (χ0) is 17.2. The smallest absolute Gasteiger partial charge is 0.395 e. The fraction of sp³-hybridized carbons (Fsp3) is 0.429. The van der Waals surface area contributed by atoms with Gasteiger partial charge in [0.15, 0.2) is 11.5 Å². The van der Waals surface area contributed by atoms with E-state index in [1.807, 2.05) is 0 Å². The lowest BCUT2D eigenvalue weighted by Crippen LogP contribution is -2.38. The van der Waals surface area contributed by atoms with Crippen molar-refractivity contribution in [2.45, 2.75) is 6.29 Å². The van der Waals surface area contributed by atoms with Crippen LogP contribution in [0.3, 0.4) is 0 Å². The van der Waals surface area contributed by atoms with E-state index in [9.17, 15) is 18.4 Å². The van der Waals surface area contributed by atoms with Crippen molar-refractivity contribution in [2.75, 3.05) is 39.5 Å². The monoisotopic (exact) mass is 329 g/mol. The second-order valence-electron chi connectivity index (χ2n) is 5.34. The summed E-state index contributed by atoms with van der Waals surface area (Å²) in [7, 11) is 4.87. The van der Waals surface area contributed by atoms with Gasteiger partial charge in [0.25, 0.3) is 0 Å². The number of carbonyl (C=O) groups is 2. The number of hydrogen-bond donors (Lipinski definition) is 1. The van der Waals surface area contributed by atoms with Gasteiger partial charge in [-0.3, -0.25) is 14.5 Å². The fourth-order valence-corrected chi connectivity index (χ4v) is 1.90. The Morgan fingerprint density at radius 2 is 1.78 bits per heavy atom. The number of alkyl halides is 2. The van der Waals surface area contributed by atoms with Gasteiger partial charge < -0.3 is 19.7 Å². The molecule has 23 heavy (non-hydrogen) atoms.